The summed E-state index contributed by atoms with van der Waals surface area (Å²) in [5.74, 6) is -0.894. The Morgan fingerprint density at radius 2 is 2.05 bits per heavy atom. The van der Waals surface area contributed by atoms with E-state index in [2.05, 4.69) is 5.32 Å². The van der Waals surface area contributed by atoms with Crippen LogP contribution >= 0.6 is 0 Å². The largest absolute Gasteiger partial charge is 0.316 e. The molecule has 1 aliphatic rings. The van der Waals surface area contributed by atoms with Gasteiger partial charge < -0.3 is 4.90 Å². The number of halogens is 3. The second-order valence-electron chi connectivity index (χ2n) is 4.81. The fourth-order valence-corrected chi connectivity index (χ4v) is 2.47. The van der Waals surface area contributed by atoms with Gasteiger partial charge in [0.25, 0.3) is 6.43 Å². The molecule has 0 saturated carbocycles. The number of carbonyl (C=O) groups is 1. The van der Waals surface area contributed by atoms with E-state index in [0.29, 0.717) is 6.42 Å². The molecule has 3 nitrogen and oxygen atoms in total. The highest BCUT2D eigenvalue weighted by Crippen LogP contribution is 2.29. The first kappa shape index (κ1) is 14.8. The van der Waals surface area contributed by atoms with E-state index in [9.17, 15) is 18.0 Å². The average Bonchev–Trinajstić information content (AvgIpc) is 2.68. The fraction of sp³-hybridized carbons (Fsp3) is 0.500. The number of nitrogens with one attached hydrogen (secondary N) is 1. The zero-order valence-corrected chi connectivity index (χ0v) is 11.2. The van der Waals surface area contributed by atoms with Crippen molar-refractivity contribution in [3.63, 3.8) is 0 Å². The van der Waals surface area contributed by atoms with Crippen molar-refractivity contribution in [3.8, 4) is 0 Å². The van der Waals surface area contributed by atoms with Gasteiger partial charge in [0.1, 0.15) is 12.0 Å². The summed E-state index contributed by atoms with van der Waals surface area (Å²) in [5, 5.41) is 2.96. The van der Waals surface area contributed by atoms with Crippen LogP contribution in [0.4, 0.5) is 13.2 Å². The van der Waals surface area contributed by atoms with Crippen molar-refractivity contribution in [1.29, 1.82) is 0 Å². The van der Waals surface area contributed by atoms with E-state index in [1.165, 1.54) is 18.2 Å². The third-order valence-electron chi connectivity index (χ3n) is 3.36. The summed E-state index contributed by atoms with van der Waals surface area (Å²) in [6, 6.07) is 5.39. The van der Waals surface area contributed by atoms with Crippen LogP contribution in [0.5, 0.6) is 0 Å². The van der Waals surface area contributed by atoms with Gasteiger partial charge >= 0.3 is 0 Å². The molecule has 1 N–H and O–H groups in total. The van der Waals surface area contributed by atoms with Gasteiger partial charge in [0.2, 0.25) is 5.91 Å². The maximum Gasteiger partial charge on any atom is 0.255 e. The molecule has 1 aliphatic heterocycles. The van der Waals surface area contributed by atoms with Crippen LogP contribution in [0.25, 0.3) is 0 Å². The summed E-state index contributed by atoms with van der Waals surface area (Å²) < 4.78 is 39.1. The molecule has 2 atom stereocenters. The van der Waals surface area contributed by atoms with Gasteiger partial charge in [-0.25, -0.2) is 13.2 Å². The highest BCUT2D eigenvalue weighted by atomic mass is 19.3. The van der Waals surface area contributed by atoms with Crippen molar-refractivity contribution >= 4 is 5.91 Å². The minimum atomic E-state index is -2.64. The molecule has 0 radical (unpaired) electrons. The van der Waals surface area contributed by atoms with E-state index in [0.717, 1.165) is 11.3 Å². The zero-order chi connectivity index (χ0) is 14.7. The van der Waals surface area contributed by atoms with Crippen LogP contribution in [-0.4, -0.2) is 29.8 Å². The first-order valence-corrected chi connectivity index (χ1v) is 6.63. The van der Waals surface area contributed by atoms with Gasteiger partial charge in [-0.15, -0.1) is 0 Å². The van der Waals surface area contributed by atoms with Gasteiger partial charge in [-0.3, -0.25) is 10.1 Å². The Bertz CT molecular complexity index is 481. The lowest BCUT2D eigenvalue weighted by Gasteiger charge is -2.24. The predicted octanol–water partition coefficient (Wildman–Crippen LogP) is 2.69. The fourth-order valence-electron chi connectivity index (χ4n) is 2.47. The van der Waals surface area contributed by atoms with Crippen LogP contribution in [0.2, 0.25) is 0 Å². The van der Waals surface area contributed by atoms with Crippen LogP contribution in [0, 0.1) is 5.82 Å². The maximum atomic E-state index is 13.8. The van der Waals surface area contributed by atoms with Crippen molar-refractivity contribution < 1.29 is 18.0 Å². The molecular formula is C14H17F3N2O. The number of nitrogens with zero attached hydrogens (tertiary/aromatic N) is 1. The van der Waals surface area contributed by atoms with E-state index < -0.39 is 31.0 Å². The van der Waals surface area contributed by atoms with Crippen molar-refractivity contribution in [2.75, 3.05) is 6.54 Å². The summed E-state index contributed by atoms with van der Waals surface area (Å²) >= 11 is 0. The minimum Gasteiger partial charge on any atom is -0.316 e. The molecular weight excluding hydrogens is 269 g/mol. The highest BCUT2D eigenvalue weighted by molar-refractivity contribution is 5.84. The lowest BCUT2D eigenvalue weighted by atomic mass is 10.1. The van der Waals surface area contributed by atoms with Crippen LogP contribution in [-0.2, 0) is 4.79 Å². The normalized spacial score (nSPS) is 22.9. The second kappa shape index (κ2) is 6.26. The molecule has 1 saturated heterocycles. The van der Waals surface area contributed by atoms with Crippen molar-refractivity contribution in [1.82, 2.24) is 10.2 Å². The molecule has 1 fully saturated rings. The van der Waals surface area contributed by atoms with Gasteiger partial charge in [0.05, 0.1) is 12.6 Å². The Morgan fingerprint density at radius 3 is 2.65 bits per heavy atom. The lowest BCUT2D eigenvalue weighted by molar-refractivity contribution is -0.132. The molecule has 2 rings (SSSR count). The number of hydrogen-bond acceptors (Lipinski definition) is 2. The predicted molar refractivity (Wildman–Crippen MR) is 68.7 cm³/mol. The number of hydrogen-bond donors (Lipinski definition) is 1. The molecule has 2 unspecified atom stereocenters. The lowest BCUT2D eigenvalue weighted by Crippen LogP contribution is -2.35. The van der Waals surface area contributed by atoms with Gasteiger partial charge in [-0.2, -0.15) is 0 Å². The summed E-state index contributed by atoms with van der Waals surface area (Å²) in [4.78, 5) is 13.2. The molecule has 1 amide bonds. The summed E-state index contributed by atoms with van der Waals surface area (Å²) in [6.45, 7) is 1.22. The zero-order valence-electron chi connectivity index (χ0n) is 11.2. The maximum absolute atomic E-state index is 13.8. The standard InChI is InChI=1S/C14H17F3N2O/c1-2-5-11-14(20)19(8-12(16)17)13(18-11)9-6-3-4-7-10(9)15/h3-4,6-7,11-13,18H,2,5,8H2,1H3. The summed E-state index contributed by atoms with van der Waals surface area (Å²) in [6.07, 6.45) is -2.18. The van der Waals surface area contributed by atoms with E-state index in [4.69, 9.17) is 0 Å². The molecule has 1 aromatic rings. The van der Waals surface area contributed by atoms with Crippen molar-refractivity contribution in [2.24, 2.45) is 0 Å². The smallest absolute Gasteiger partial charge is 0.255 e. The Balaban J connectivity index is 2.29. The van der Waals surface area contributed by atoms with Gasteiger partial charge in [0.15, 0.2) is 0 Å². The van der Waals surface area contributed by atoms with Crippen molar-refractivity contribution in [2.45, 2.75) is 38.4 Å². The van der Waals surface area contributed by atoms with E-state index in [-0.39, 0.29) is 11.5 Å². The third kappa shape index (κ3) is 2.95. The van der Waals surface area contributed by atoms with Gasteiger partial charge in [-0.05, 0) is 12.5 Å². The molecule has 0 bridgehead atoms. The van der Waals surface area contributed by atoms with Crippen LogP contribution in [0.15, 0.2) is 24.3 Å². The minimum absolute atomic E-state index is 0.222. The molecule has 6 heteroatoms. The highest BCUT2D eigenvalue weighted by Gasteiger charge is 2.40. The second-order valence-corrected chi connectivity index (χ2v) is 4.81. The number of amides is 1. The average molecular weight is 286 g/mol. The van der Waals surface area contributed by atoms with Gasteiger partial charge in [-0.1, -0.05) is 31.5 Å². The van der Waals surface area contributed by atoms with E-state index in [1.807, 2.05) is 6.92 Å². The molecule has 1 heterocycles. The first-order chi connectivity index (χ1) is 9.54. The Hall–Kier alpha value is -1.56. The molecule has 0 aliphatic carbocycles. The van der Waals surface area contributed by atoms with Crippen molar-refractivity contribution in [3.05, 3.63) is 35.6 Å². The monoisotopic (exact) mass is 286 g/mol. The van der Waals surface area contributed by atoms with E-state index >= 15 is 0 Å². The molecule has 0 spiro atoms. The molecule has 110 valence electrons. The number of rotatable bonds is 5. The first-order valence-electron chi connectivity index (χ1n) is 6.63. The summed E-state index contributed by atoms with van der Waals surface area (Å²) in [5.41, 5.74) is 0.222. The SMILES string of the molecule is CCCC1NC(c2ccccc2F)N(CC(F)F)C1=O. The molecule has 20 heavy (non-hydrogen) atoms. The molecule has 1 aromatic carbocycles. The number of alkyl halides is 2. The topological polar surface area (TPSA) is 32.3 Å². The Morgan fingerprint density at radius 1 is 1.35 bits per heavy atom. The van der Waals surface area contributed by atoms with Crippen LogP contribution in [0.1, 0.15) is 31.5 Å². The Labute approximate surface area is 115 Å². The quantitative estimate of drug-likeness (QED) is 0.902. The molecule has 0 aromatic heterocycles. The van der Waals surface area contributed by atoms with E-state index in [1.54, 1.807) is 6.07 Å². The Kier molecular flexibility index (Phi) is 4.65. The van der Waals surface area contributed by atoms with Crippen LogP contribution < -0.4 is 5.32 Å². The third-order valence-corrected chi connectivity index (χ3v) is 3.36. The number of benzene rings is 1. The van der Waals surface area contributed by atoms with Gasteiger partial charge in [0, 0.05) is 5.56 Å². The van der Waals surface area contributed by atoms with Crippen LogP contribution in [0.3, 0.4) is 0 Å². The number of carbonyl (C=O) groups excluding carboxylic acids is 1. The summed E-state index contributed by atoms with van der Waals surface area (Å²) in [7, 11) is 0.